The molecule has 22 heavy (non-hydrogen) atoms. The van der Waals surface area contributed by atoms with Gasteiger partial charge in [0, 0.05) is 25.2 Å². The molecule has 8 heteroatoms. The fourth-order valence-corrected chi connectivity index (χ4v) is 3.64. The highest BCUT2D eigenvalue weighted by Gasteiger charge is 2.41. The number of piperidine rings is 1. The van der Waals surface area contributed by atoms with E-state index in [0.29, 0.717) is 13.2 Å². The number of amides is 1. The number of thiazole rings is 1. The van der Waals surface area contributed by atoms with E-state index in [1.807, 2.05) is 25.1 Å². The molecule has 5 nitrogen and oxygen atoms in total. The summed E-state index contributed by atoms with van der Waals surface area (Å²) in [4.78, 5) is 20.0. The van der Waals surface area contributed by atoms with Crippen LogP contribution in [0.2, 0.25) is 0 Å². The molecule has 2 heterocycles. The quantitative estimate of drug-likeness (QED) is 0.864. The van der Waals surface area contributed by atoms with E-state index in [0.717, 1.165) is 35.8 Å². The maximum atomic E-state index is 12.8. The second-order valence-corrected chi connectivity index (χ2v) is 6.79. The Kier molecular flexibility index (Phi) is 9.50. The topological polar surface area (TPSA) is 54.5 Å². The van der Waals surface area contributed by atoms with Gasteiger partial charge in [-0.15, -0.1) is 36.2 Å². The lowest BCUT2D eigenvalue weighted by Crippen LogP contribution is -2.50. The predicted molar refractivity (Wildman–Crippen MR) is 94.2 cm³/mol. The Hall–Kier alpha value is -0.400. The molecule has 1 saturated heterocycles. The summed E-state index contributed by atoms with van der Waals surface area (Å²) in [5.74, 6) is 0.187. The Balaban J connectivity index is 0.00000220. The molecule has 0 spiro atoms. The van der Waals surface area contributed by atoms with Gasteiger partial charge in [0.1, 0.15) is 0 Å². The zero-order chi connectivity index (χ0) is 14.6. The van der Waals surface area contributed by atoms with Gasteiger partial charge in [0.2, 0.25) is 5.91 Å². The molecule has 0 aliphatic carbocycles. The van der Waals surface area contributed by atoms with Gasteiger partial charge in [0.25, 0.3) is 0 Å². The average Bonchev–Trinajstić information content (AvgIpc) is 2.84. The van der Waals surface area contributed by atoms with E-state index in [1.54, 1.807) is 18.4 Å². The first kappa shape index (κ1) is 21.6. The zero-order valence-corrected chi connectivity index (χ0v) is 15.7. The molecule has 0 radical (unpaired) electrons. The minimum atomic E-state index is -0.367. The summed E-state index contributed by atoms with van der Waals surface area (Å²) in [5, 5.41) is 4.35. The highest BCUT2D eigenvalue weighted by molar-refractivity contribution is 7.11. The molecule has 0 unspecified atom stereocenters. The van der Waals surface area contributed by atoms with E-state index in [-0.39, 0.29) is 36.1 Å². The molecule has 0 saturated carbocycles. The van der Waals surface area contributed by atoms with Crippen molar-refractivity contribution in [2.75, 3.05) is 33.9 Å². The molecule has 1 aromatic heterocycles. The van der Waals surface area contributed by atoms with Crippen LogP contribution >= 0.6 is 36.2 Å². The number of rotatable bonds is 5. The van der Waals surface area contributed by atoms with E-state index in [1.165, 1.54) is 0 Å². The molecular formula is C14H25Cl2N3O2S. The number of hydrogen-bond acceptors (Lipinski definition) is 5. The first-order chi connectivity index (χ1) is 9.57. The third-order valence-corrected chi connectivity index (χ3v) is 4.74. The predicted octanol–water partition coefficient (Wildman–Crippen LogP) is 2.27. The van der Waals surface area contributed by atoms with Gasteiger partial charge in [-0.2, -0.15) is 0 Å². The minimum Gasteiger partial charge on any atom is -0.384 e. The van der Waals surface area contributed by atoms with Crippen molar-refractivity contribution in [2.45, 2.75) is 26.3 Å². The Bertz CT molecular complexity index is 459. The lowest BCUT2D eigenvalue weighted by molar-refractivity contribution is -0.146. The molecule has 2 rings (SSSR count). The maximum Gasteiger partial charge on any atom is 0.231 e. The molecule has 1 aromatic rings. The molecule has 1 amide bonds. The SMILES string of the molecule is COCC1(C(=O)N(C)Cc2cnc(C)s2)CCNCC1.Cl.Cl. The van der Waals surface area contributed by atoms with Gasteiger partial charge in [-0.05, 0) is 32.9 Å². The molecule has 1 aliphatic heterocycles. The first-order valence-electron chi connectivity index (χ1n) is 6.94. The molecular weight excluding hydrogens is 345 g/mol. The number of nitrogens with zero attached hydrogens (tertiary/aromatic N) is 2. The van der Waals surface area contributed by atoms with Crippen LogP contribution in [0, 0.1) is 12.3 Å². The standard InChI is InChI=1S/C14H23N3O2S.2ClH/c1-11-16-8-12(20-11)9-17(2)13(18)14(10-19-3)4-6-15-7-5-14;;/h8,15H,4-7,9-10H2,1-3H3;2*1H. The van der Waals surface area contributed by atoms with Gasteiger partial charge in [0.05, 0.1) is 23.6 Å². The fourth-order valence-electron chi connectivity index (χ4n) is 2.79. The van der Waals surface area contributed by atoms with Crippen molar-refractivity contribution in [3.8, 4) is 0 Å². The van der Waals surface area contributed by atoms with E-state index >= 15 is 0 Å². The summed E-state index contributed by atoms with van der Waals surface area (Å²) in [5.41, 5.74) is -0.367. The third kappa shape index (κ3) is 5.06. The molecule has 1 fully saturated rings. The van der Waals surface area contributed by atoms with Crippen molar-refractivity contribution in [3.63, 3.8) is 0 Å². The van der Waals surface area contributed by atoms with Crippen LogP contribution in [0.4, 0.5) is 0 Å². The number of aryl methyl sites for hydroxylation is 1. The van der Waals surface area contributed by atoms with Crippen LogP contribution in [0.15, 0.2) is 6.20 Å². The highest BCUT2D eigenvalue weighted by atomic mass is 35.5. The van der Waals surface area contributed by atoms with Gasteiger partial charge >= 0.3 is 0 Å². The Morgan fingerprint density at radius 3 is 2.59 bits per heavy atom. The molecule has 1 N–H and O–H groups in total. The van der Waals surface area contributed by atoms with E-state index in [2.05, 4.69) is 10.3 Å². The van der Waals surface area contributed by atoms with Crippen molar-refractivity contribution >= 4 is 42.1 Å². The number of carbonyl (C=O) groups is 1. The van der Waals surface area contributed by atoms with Crippen LogP contribution in [0.3, 0.4) is 0 Å². The number of aromatic nitrogens is 1. The van der Waals surface area contributed by atoms with Crippen molar-refractivity contribution < 1.29 is 9.53 Å². The van der Waals surface area contributed by atoms with Gasteiger partial charge in [0.15, 0.2) is 0 Å². The van der Waals surface area contributed by atoms with Crippen LogP contribution < -0.4 is 5.32 Å². The summed E-state index contributed by atoms with van der Waals surface area (Å²) < 4.78 is 5.33. The maximum absolute atomic E-state index is 12.8. The minimum absolute atomic E-state index is 0. The zero-order valence-electron chi connectivity index (χ0n) is 13.3. The monoisotopic (exact) mass is 369 g/mol. The summed E-state index contributed by atoms with van der Waals surface area (Å²) in [6.45, 7) is 4.86. The smallest absolute Gasteiger partial charge is 0.231 e. The van der Waals surface area contributed by atoms with Gasteiger partial charge in [-0.1, -0.05) is 0 Å². The van der Waals surface area contributed by atoms with Crippen LogP contribution in [-0.4, -0.2) is 49.6 Å². The number of ether oxygens (including phenoxy) is 1. The number of nitrogens with one attached hydrogen (secondary N) is 1. The second-order valence-electron chi connectivity index (χ2n) is 5.47. The Labute approximate surface area is 148 Å². The number of hydrogen-bond donors (Lipinski definition) is 1. The number of methoxy groups -OCH3 is 1. The molecule has 1 aliphatic rings. The lowest BCUT2D eigenvalue weighted by atomic mass is 9.78. The van der Waals surface area contributed by atoms with Gasteiger partial charge in [-0.25, -0.2) is 4.98 Å². The van der Waals surface area contributed by atoms with Crippen molar-refractivity contribution in [2.24, 2.45) is 5.41 Å². The largest absolute Gasteiger partial charge is 0.384 e. The Morgan fingerprint density at radius 1 is 1.45 bits per heavy atom. The molecule has 0 bridgehead atoms. The fraction of sp³-hybridized carbons (Fsp3) is 0.714. The van der Waals surface area contributed by atoms with Crippen LogP contribution in [0.1, 0.15) is 22.7 Å². The van der Waals surface area contributed by atoms with Crippen LogP contribution in [0.25, 0.3) is 0 Å². The van der Waals surface area contributed by atoms with E-state index in [4.69, 9.17) is 4.74 Å². The molecule has 0 atom stereocenters. The summed E-state index contributed by atoms with van der Waals surface area (Å²) in [7, 11) is 3.54. The van der Waals surface area contributed by atoms with Crippen molar-refractivity contribution in [3.05, 3.63) is 16.1 Å². The van der Waals surface area contributed by atoms with Gasteiger partial charge < -0.3 is 15.0 Å². The lowest BCUT2D eigenvalue weighted by Gasteiger charge is -2.38. The summed E-state index contributed by atoms with van der Waals surface area (Å²) >= 11 is 1.64. The Morgan fingerprint density at radius 2 is 2.09 bits per heavy atom. The second kappa shape index (κ2) is 9.67. The highest BCUT2D eigenvalue weighted by Crippen LogP contribution is 2.32. The number of halogens is 2. The van der Waals surface area contributed by atoms with E-state index < -0.39 is 0 Å². The first-order valence-corrected chi connectivity index (χ1v) is 7.75. The normalized spacial score (nSPS) is 16.3. The summed E-state index contributed by atoms with van der Waals surface area (Å²) in [6, 6.07) is 0. The van der Waals surface area contributed by atoms with E-state index in [9.17, 15) is 4.79 Å². The molecule has 0 aromatic carbocycles. The number of carbonyl (C=O) groups excluding carboxylic acids is 1. The van der Waals surface area contributed by atoms with Crippen molar-refractivity contribution in [1.29, 1.82) is 0 Å². The van der Waals surface area contributed by atoms with Gasteiger partial charge in [-0.3, -0.25) is 4.79 Å². The van der Waals surface area contributed by atoms with Crippen LogP contribution in [0.5, 0.6) is 0 Å². The average molecular weight is 370 g/mol. The summed E-state index contributed by atoms with van der Waals surface area (Å²) in [6.07, 6.45) is 3.53. The van der Waals surface area contributed by atoms with Crippen molar-refractivity contribution in [1.82, 2.24) is 15.2 Å². The van der Waals surface area contributed by atoms with Crippen LogP contribution in [-0.2, 0) is 16.1 Å². The third-order valence-electron chi connectivity index (χ3n) is 3.84. The molecule has 128 valence electrons.